The Labute approximate surface area is 131 Å². The largest absolute Gasteiger partial charge is 0.396 e. The monoisotopic (exact) mass is 307 g/mol. The standard InChI is InChI=1S/C17H26FN3O/c1-11-9-15(19)14(18)10-13(11)12-5-7-21(8-6-12)16(22)17(2,3)20-4/h9-10,12,20H,5-8,19H2,1-4H3. The molecule has 122 valence electrons. The Morgan fingerprint density at radius 1 is 1.36 bits per heavy atom. The van der Waals surface area contributed by atoms with Crippen LogP contribution in [0.15, 0.2) is 12.1 Å². The molecule has 5 heteroatoms. The third-order valence-corrected chi connectivity index (χ3v) is 4.77. The van der Waals surface area contributed by atoms with Gasteiger partial charge in [-0.2, -0.15) is 0 Å². The van der Waals surface area contributed by atoms with E-state index < -0.39 is 5.54 Å². The minimum absolute atomic E-state index is 0.119. The molecular weight excluding hydrogens is 281 g/mol. The molecule has 1 amide bonds. The number of hydrogen-bond acceptors (Lipinski definition) is 3. The van der Waals surface area contributed by atoms with Crippen molar-refractivity contribution >= 4 is 11.6 Å². The fourth-order valence-corrected chi connectivity index (χ4v) is 3.05. The fourth-order valence-electron chi connectivity index (χ4n) is 3.05. The lowest BCUT2D eigenvalue weighted by atomic mass is 9.86. The summed E-state index contributed by atoms with van der Waals surface area (Å²) in [5.41, 5.74) is 7.31. The number of anilines is 1. The predicted octanol–water partition coefficient (Wildman–Crippen LogP) is 2.42. The van der Waals surface area contributed by atoms with Crippen molar-refractivity contribution in [1.29, 1.82) is 0 Å². The number of aryl methyl sites for hydroxylation is 1. The van der Waals surface area contributed by atoms with Crippen molar-refractivity contribution in [3.8, 4) is 0 Å². The van der Waals surface area contributed by atoms with Crippen LogP contribution < -0.4 is 11.1 Å². The highest BCUT2D eigenvalue weighted by Crippen LogP contribution is 2.32. The van der Waals surface area contributed by atoms with Crippen molar-refractivity contribution in [2.75, 3.05) is 25.9 Å². The Morgan fingerprint density at radius 2 is 1.95 bits per heavy atom. The van der Waals surface area contributed by atoms with E-state index in [0.29, 0.717) is 13.1 Å². The zero-order chi connectivity index (χ0) is 16.5. The summed E-state index contributed by atoms with van der Waals surface area (Å²) in [4.78, 5) is 14.3. The molecule has 0 aromatic heterocycles. The van der Waals surface area contributed by atoms with Crippen LogP contribution in [-0.2, 0) is 4.79 Å². The van der Waals surface area contributed by atoms with Crippen LogP contribution in [0.25, 0.3) is 0 Å². The zero-order valence-corrected chi connectivity index (χ0v) is 13.9. The van der Waals surface area contributed by atoms with E-state index in [1.807, 2.05) is 25.7 Å². The highest BCUT2D eigenvalue weighted by molar-refractivity contribution is 5.85. The lowest BCUT2D eigenvalue weighted by Crippen LogP contribution is -2.54. The summed E-state index contributed by atoms with van der Waals surface area (Å²) in [6.45, 7) is 7.16. The van der Waals surface area contributed by atoms with Crippen molar-refractivity contribution in [3.05, 3.63) is 29.1 Å². The van der Waals surface area contributed by atoms with Crippen LogP contribution in [0.5, 0.6) is 0 Å². The first-order valence-electron chi connectivity index (χ1n) is 7.80. The summed E-state index contributed by atoms with van der Waals surface area (Å²) in [7, 11) is 1.80. The van der Waals surface area contributed by atoms with Crippen LogP contribution >= 0.6 is 0 Å². The first-order chi connectivity index (χ1) is 10.3. The van der Waals surface area contributed by atoms with Gasteiger partial charge < -0.3 is 16.0 Å². The van der Waals surface area contributed by atoms with E-state index in [2.05, 4.69) is 5.32 Å². The van der Waals surface area contributed by atoms with Gasteiger partial charge in [-0.25, -0.2) is 4.39 Å². The van der Waals surface area contributed by atoms with Crippen LogP contribution in [-0.4, -0.2) is 36.5 Å². The van der Waals surface area contributed by atoms with Gasteiger partial charge in [0.15, 0.2) is 0 Å². The van der Waals surface area contributed by atoms with Gasteiger partial charge in [0, 0.05) is 13.1 Å². The average molecular weight is 307 g/mol. The number of amides is 1. The summed E-state index contributed by atoms with van der Waals surface area (Å²) in [6.07, 6.45) is 1.71. The molecule has 1 aromatic carbocycles. The maximum Gasteiger partial charge on any atom is 0.242 e. The normalized spacial score (nSPS) is 16.9. The van der Waals surface area contributed by atoms with Crippen molar-refractivity contribution in [1.82, 2.24) is 10.2 Å². The van der Waals surface area contributed by atoms with Gasteiger partial charge >= 0.3 is 0 Å². The molecule has 3 N–H and O–H groups in total. The molecule has 1 fully saturated rings. The minimum Gasteiger partial charge on any atom is -0.396 e. The second-order valence-corrected chi connectivity index (χ2v) is 6.67. The summed E-state index contributed by atoms with van der Waals surface area (Å²) in [6, 6.07) is 3.26. The predicted molar refractivity (Wildman–Crippen MR) is 87.2 cm³/mol. The zero-order valence-electron chi connectivity index (χ0n) is 13.9. The first kappa shape index (κ1) is 16.7. The third kappa shape index (κ3) is 3.24. The maximum atomic E-state index is 13.7. The molecule has 2 rings (SSSR count). The highest BCUT2D eigenvalue weighted by Gasteiger charge is 2.33. The van der Waals surface area contributed by atoms with E-state index in [1.54, 1.807) is 19.2 Å². The van der Waals surface area contributed by atoms with E-state index in [0.717, 1.165) is 24.0 Å². The number of benzene rings is 1. The Balaban J connectivity index is 2.07. The fraction of sp³-hybridized carbons (Fsp3) is 0.588. The van der Waals surface area contributed by atoms with E-state index >= 15 is 0 Å². The molecule has 1 aliphatic heterocycles. The Hall–Kier alpha value is -1.62. The Kier molecular flexibility index (Phi) is 4.75. The number of rotatable bonds is 3. The molecule has 0 unspecified atom stereocenters. The maximum absolute atomic E-state index is 13.7. The smallest absolute Gasteiger partial charge is 0.242 e. The molecule has 0 spiro atoms. The summed E-state index contributed by atoms with van der Waals surface area (Å²) in [5.74, 6) is 0.0564. The topological polar surface area (TPSA) is 58.4 Å². The summed E-state index contributed by atoms with van der Waals surface area (Å²) in [5, 5.41) is 3.05. The van der Waals surface area contributed by atoms with Gasteiger partial charge in [0.25, 0.3) is 0 Å². The first-order valence-corrected chi connectivity index (χ1v) is 7.80. The van der Waals surface area contributed by atoms with Crippen LogP contribution in [0.4, 0.5) is 10.1 Å². The lowest BCUT2D eigenvalue weighted by molar-refractivity contribution is -0.138. The van der Waals surface area contributed by atoms with Gasteiger partial charge in [-0.05, 0) is 69.8 Å². The molecule has 0 radical (unpaired) electrons. The van der Waals surface area contributed by atoms with Crippen LogP contribution in [0.2, 0.25) is 0 Å². The second kappa shape index (κ2) is 6.24. The molecule has 1 aromatic rings. The molecule has 0 bridgehead atoms. The van der Waals surface area contributed by atoms with Crippen LogP contribution in [0, 0.1) is 12.7 Å². The second-order valence-electron chi connectivity index (χ2n) is 6.67. The van der Waals surface area contributed by atoms with E-state index in [-0.39, 0.29) is 23.3 Å². The van der Waals surface area contributed by atoms with Crippen molar-refractivity contribution in [2.45, 2.75) is 45.1 Å². The Morgan fingerprint density at radius 3 is 2.50 bits per heavy atom. The number of carbonyl (C=O) groups excluding carboxylic acids is 1. The number of nitrogens with zero attached hydrogens (tertiary/aromatic N) is 1. The number of nitrogen functional groups attached to an aromatic ring is 1. The molecule has 1 saturated heterocycles. The van der Waals surface area contributed by atoms with Crippen molar-refractivity contribution in [2.24, 2.45) is 0 Å². The van der Waals surface area contributed by atoms with Crippen molar-refractivity contribution in [3.63, 3.8) is 0 Å². The van der Waals surface area contributed by atoms with Gasteiger partial charge in [-0.3, -0.25) is 4.79 Å². The molecule has 1 aliphatic rings. The van der Waals surface area contributed by atoms with E-state index in [1.165, 1.54) is 0 Å². The highest BCUT2D eigenvalue weighted by atomic mass is 19.1. The Bertz CT molecular complexity index is 563. The van der Waals surface area contributed by atoms with Crippen LogP contribution in [0.3, 0.4) is 0 Å². The number of nitrogens with one attached hydrogen (secondary N) is 1. The van der Waals surface area contributed by atoms with Gasteiger partial charge in [-0.15, -0.1) is 0 Å². The van der Waals surface area contributed by atoms with E-state index in [4.69, 9.17) is 5.73 Å². The van der Waals surface area contributed by atoms with Gasteiger partial charge in [0.2, 0.25) is 5.91 Å². The van der Waals surface area contributed by atoms with Gasteiger partial charge in [0.05, 0.1) is 11.2 Å². The number of piperidine rings is 1. The number of hydrogen-bond donors (Lipinski definition) is 2. The summed E-state index contributed by atoms with van der Waals surface area (Å²) < 4.78 is 13.7. The molecule has 22 heavy (non-hydrogen) atoms. The average Bonchev–Trinajstić information content (AvgIpc) is 2.50. The number of likely N-dealkylation sites (N-methyl/N-ethyl adjacent to an activating group) is 1. The van der Waals surface area contributed by atoms with Gasteiger partial charge in [0.1, 0.15) is 5.82 Å². The molecule has 1 heterocycles. The third-order valence-electron chi connectivity index (χ3n) is 4.77. The number of carbonyl (C=O) groups is 1. The molecular formula is C17H26FN3O. The SMILES string of the molecule is CNC(C)(C)C(=O)N1CCC(c2cc(F)c(N)cc2C)CC1. The number of likely N-dealkylation sites (tertiary alicyclic amines) is 1. The van der Waals surface area contributed by atoms with Crippen molar-refractivity contribution < 1.29 is 9.18 Å². The summed E-state index contributed by atoms with van der Waals surface area (Å²) >= 11 is 0. The number of halogens is 1. The number of nitrogens with two attached hydrogens (primary N) is 1. The molecule has 0 atom stereocenters. The molecule has 4 nitrogen and oxygen atoms in total. The van der Waals surface area contributed by atoms with Gasteiger partial charge in [-0.1, -0.05) is 0 Å². The molecule has 0 aliphatic carbocycles. The minimum atomic E-state index is -0.546. The van der Waals surface area contributed by atoms with E-state index in [9.17, 15) is 9.18 Å². The lowest BCUT2D eigenvalue weighted by Gasteiger charge is -2.37. The molecule has 0 saturated carbocycles. The quantitative estimate of drug-likeness (QED) is 0.843. The van der Waals surface area contributed by atoms with Crippen LogP contribution in [0.1, 0.15) is 43.7 Å².